The Morgan fingerprint density at radius 2 is 1.96 bits per heavy atom. The van der Waals surface area contributed by atoms with Crippen molar-refractivity contribution in [3.8, 4) is 0 Å². The topological polar surface area (TPSA) is 46.5 Å². The van der Waals surface area contributed by atoms with E-state index in [-0.39, 0.29) is 30.8 Å². The minimum Gasteiger partial charge on any atom is -0.465 e. The van der Waals surface area contributed by atoms with Gasteiger partial charge in [-0.1, -0.05) is 30.3 Å². The van der Waals surface area contributed by atoms with Crippen LogP contribution in [0.3, 0.4) is 0 Å². The minimum absolute atomic E-state index is 0.0616. The third-order valence-corrected chi connectivity index (χ3v) is 4.63. The average Bonchev–Trinajstić information content (AvgIpc) is 2.59. The normalized spacial score (nSPS) is 23.2. The summed E-state index contributed by atoms with van der Waals surface area (Å²) < 4.78 is 33.0. The number of rotatable bonds is 4. The molecule has 0 radical (unpaired) electrons. The smallest absolute Gasteiger partial charge is 0.323 e. The van der Waals surface area contributed by atoms with Crippen LogP contribution in [0.15, 0.2) is 55.1 Å². The highest BCUT2D eigenvalue weighted by Gasteiger charge is 2.50. The summed E-state index contributed by atoms with van der Waals surface area (Å²) in [5.74, 6) is -1.69. The van der Waals surface area contributed by atoms with Crippen LogP contribution in [-0.4, -0.2) is 23.8 Å². The van der Waals surface area contributed by atoms with Gasteiger partial charge in [-0.25, -0.2) is 8.78 Å². The molecule has 1 fully saturated rings. The van der Waals surface area contributed by atoms with Crippen LogP contribution < -0.4 is 0 Å². The number of aliphatic hydroxyl groups is 1. The minimum atomic E-state index is -1.65. The largest absolute Gasteiger partial charge is 0.465 e. The molecule has 0 spiro atoms. The molecule has 0 saturated carbocycles. The van der Waals surface area contributed by atoms with Crippen LogP contribution in [0, 0.1) is 11.6 Å². The number of aliphatic hydroxyl groups excluding tert-OH is 1. The third kappa shape index (κ3) is 2.96. The van der Waals surface area contributed by atoms with E-state index in [0.29, 0.717) is 5.56 Å². The zero-order chi connectivity index (χ0) is 18.0. The lowest BCUT2D eigenvalue weighted by Crippen LogP contribution is -2.51. The van der Waals surface area contributed by atoms with Crippen molar-refractivity contribution >= 4 is 5.97 Å². The van der Waals surface area contributed by atoms with Gasteiger partial charge in [-0.15, -0.1) is 6.58 Å². The van der Waals surface area contributed by atoms with Crippen molar-refractivity contribution in [3.05, 3.63) is 83.4 Å². The SMILES string of the molecule is C=C[C@]1(c2c(F)cccc2Cc2ccc(F)cc2)C(=O)OCCC1O. The van der Waals surface area contributed by atoms with Crippen LogP contribution in [-0.2, 0) is 21.4 Å². The predicted octanol–water partition coefficient (Wildman–Crippen LogP) is 3.29. The van der Waals surface area contributed by atoms with Crippen LogP contribution in [0.2, 0.25) is 0 Å². The molecule has 1 unspecified atom stereocenters. The van der Waals surface area contributed by atoms with E-state index in [1.807, 2.05) is 0 Å². The van der Waals surface area contributed by atoms with Gasteiger partial charge in [0.25, 0.3) is 0 Å². The average molecular weight is 344 g/mol. The maximum absolute atomic E-state index is 14.8. The fraction of sp³-hybridized carbons (Fsp3) is 0.250. The molecule has 2 aromatic rings. The summed E-state index contributed by atoms with van der Waals surface area (Å²) in [5.41, 5.74) is -0.319. The number of cyclic esters (lactones) is 1. The molecule has 5 heteroatoms. The number of esters is 1. The maximum atomic E-state index is 14.8. The molecule has 3 nitrogen and oxygen atoms in total. The lowest BCUT2D eigenvalue weighted by molar-refractivity contribution is -0.161. The highest BCUT2D eigenvalue weighted by atomic mass is 19.1. The second-order valence-electron chi connectivity index (χ2n) is 6.09. The van der Waals surface area contributed by atoms with Gasteiger partial charge in [0.15, 0.2) is 0 Å². The van der Waals surface area contributed by atoms with Gasteiger partial charge in [0.2, 0.25) is 0 Å². The Morgan fingerprint density at radius 1 is 1.24 bits per heavy atom. The van der Waals surface area contributed by atoms with E-state index < -0.39 is 23.3 Å². The van der Waals surface area contributed by atoms with E-state index in [1.54, 1.807) is 18.2 Å². The highest BCUT2D eigenvalue weighted by Crippen LogP contribution is 2.39. The quantitative estimate of drug-likeness (QED) is 0.684. The van der Waals surface area contributed by atoms with E-state index in [1.165, 1.54) is 30.3 Å². The Kier molecular flexibility index (Phi) is 4.68. The first-order valence-electron chi connectivity index (χ1n) is 8.00. The Hall–Kier alpha value is -2.53. The van der Waals surface area contributed by atoms with Gasteiger partial charge >= 0.3 is 5.97 Å². The number of carbonyl (C=O) groups is 1. The summed E-state index contributed by atoms with van der Waals surface area (Å²) in [6, 6.07) is 10.3. The fourth-order valence-corrected chi connectivity index (χ4v) is 3.34. The standard InChI is InChI=1S/C20H18F2O3/c1-2-20(17(23)10-11-25-19(20)24)18-14(4-3-5-16(18)22)12-13-6-8-15(21)9-7-13/h2-9,17,23H,1,10-12H2/t17?,20-/m0/s1. The number of ether oxygens (including phenoxy) is 1. The molecule has 0 bridgehead atoms. The first-order valence-corrected chi connectivity index (χ1v) is 8.00. The van der Waals surface area contributed by atoms with Crippen molar-refractivity contribution in [1.29, 1.82) is 0 Å². The first kappa shape index (κ1) is 17.3. The molecular formula is C20H18F2O3. The summed E-state index contributed by atoms with van der Waals surface area (Å²) in [5, 5.41) is 10.5. The number of hydrogen-bond acceptors (Lipinski definition) is 3. The number of hydrogen-bond donors (Lipinski definition) is 1. The zero-order valence-corrected chi connectivity index (χ0v) is 13.5. The van der Waals surface area contributed by atoms with Crippen molar-refractivity contribution in [2.75, 3.05) is 6.61 Å². The summed E-state index contributed by atoms with van der Waals surface area (Å²) in [6.45, 7) is 3.74. The molecule has 1 N–H and O–H groups in total. The first-order chi connectivity index (χ1) is 12.0. The van der Waals surface area contributed by atoms with Crippen LogP contribution in [0.4, 0.5) is 8.78 Å². The van der Waals surface area contributed by atoms with Crippen LogP contribution >= 0.6 is 0 Å². The van der Waals surface area contributed by atoms with E-state index in [9.17, 15) is 18.7 Å². The van der Waals surface area contributed by atoms with Gasteiger partial charge in [-0.3, -0.25) is 4.79 Å². The van der Waals surface area contributed by atoms with E-state index in [0.717, 1.165) is 5.56 Å². The van der Waals surface area contributed by atoms with Crippen molar-refractivity contribution in [2.45, 2.75) is 24.4 Å². The second-order valence-corrected chi connectivity index (χ2v) is 6.09. The lowest BCUT2D eigenvalue weighted by atomic mass is 9.71. The second kappa shape index (κ2) is 6.76. The van der Waals surface area contributed by atoms with Gasteiger partial charge in [0.05, 0.1) is 12.7 Å². The molecule has 1 heterocycles. The Balaban J connectivity index is 2.13. The number of carbonyl (C=O) groups excluding carboxylic acids is 1. The summed E-state index contributed by atoms with van der Waals surface area (Å²) in [7, 11) is 0. The van der Waals surface area contributed by atoms with Gasteiger partial charge < -0.3 is 9.84 Å². The molecule has 2 atom stereocenters. The molecule has 1 aliphatic heterocycles. The van der Waals surface area contributed by atoms with Gasteiger partial charge in [0, 0.05) is 12.0 Å². The molecule has 1 aliphatic rings. The molecule has 130 valence electrons. The number of halogens is 2. The van der Waals surface area contributed by atoms with Crippen molar-refractivity contribution in [1.82, 2.24) is 0 Å². The molecule has 1 saturated heterocycles. The monoisotopic (exact) mass is 344 g/mol. The summed E-state index contributed by atoms with van der Waals surface area (Å²) >= 11 is 0. The Morgan fingerprint density at radius 3 is 2.60 bits per heavy atom. The third-order valence-electron chi connectivity index (χ3n) is 4.63. The maximum Gasteiger partial charge on any atom is 0.323 e. The fourth-order valence-electron chi connectivity index (χ4n) is 3.34. The molecule has 25 heavy (non-hydrogen) atoms. The van der Waals surface area contributed by atoms with E-state index >= 15 is 0 Å². The lowest BCUT2D eigenvalue weighted by Gasteiger charge is -2.38. The molecular weight excluding hydrogens is 326 g/mol. The highest BCUT2D eigenvalue weighted by molar-refractivity contribution is 5.88. The summed E-state index contributed by atoms with van der Waals surface area (Å²) in [6.07, 6.45) is 0.603. The van der Waals surface area contributed by atoms with Crippen molar-refractivity contribution < 1.29 is 23.4 Å². The Labute approximate surface area is 144 Å². The predicted molar refractivity (Wildman–Crippen MR) is 89.1 cm³/mol. The van der Waals surface area contributed by atoms with Crippen LogP contribution in [0.5, 0.6) is 0 Å². The van der Waals surface area contributed by atoms with Crippen molar-refractivity contribution in [3.63, 3.8) is 0 Å². The molecule has 0 amide bonds. The van der Waals surface area contributed by atoms with Gasteiger partial charge in [-0.05, 0) is 35.7 Å². The van der Waals surface area contributed by atoms with Gasteiger partial charge in [0.1, 0.15) is 17.0 Å². The number of benzene rings is 2. The molecule has 2 aromatic carbocycles. The van der Waals surface area contributed by atoms with E-state index in [2.05, 4.69) is 6.58 Å². The van der Waals surface area contributed by atoms with Crippen LogP contribution in [0.25, 0.3) is 0 Å². The summed E-state index contributed by atoms with van der Waals surface area (Å²) in [4.78, 5) is 12.5. The van der Waals surface area contributed by atoms with Crippen LogP contribution in [0.1, 0.15) is 23.1 Å². The van der Waals surface area contributed by atoms with Gasteiger partial charge in [-0.2, -0.15) is 0 Å². The zero-order valence-electron chi connectivity index (χ0n) is 13.5. The van der Waals surface area contributed by atoms with E-state index in [4.69, 9.17) is 4.74 Å². The molecule has 0 aromatic heterocycles. The van der Waals surface area contributed by atoms with Crippen molar-refractivity contribution in [2.24, 2.45) is 0 Å². The molecule has 0 aliphatic carbocycles. The molecule has 3 rings (SSSR count). The Bertz CT molecular complexity index is 801.